The van der Waals surface area contributed by atoms with Gasteiger partial charge in [-0.05, 0) is 66.1 Å². The minimum Gasteiger partial charge on any atom is -0.478 e. The maximum absolute atomic E-state index is 15.6. The molecule has 0 amide bonds. The van der Waals surface area contributed by atoms with Gasteiger partial charge in [-0.3, -0.25) is 4.68 Å². The molecule has 1 aliphatic heterocycles. The fourth-order valence-electron chi connectivity index (χ4n) is 5.48. The minimum atomic E-state index is -1.06. The van der Waals surface area contributed by atoms with Gasteiger partial charge in [0.15, 0.2) is 0 Å². The van der Waals surface area contributed by atoms with Crippen LogP contribution < -0.4 is 4.74 Å². The van der Waals surface area contributed by atoms with Gasteiger partial charge in [-0.15, -0.1) is 0 Å². The Morgan fingerprint density at radius 1 is 1.02 bits per heavy atom. The second-order valence-electron chi connectivity index (χ2n) is 11.5. The van der Waals surface area contributed by atoms with Gasteiger partial charge in [0, 0.05) is 43.5 Å². The van der Waals surface area contributed by atoms with Crippen molar-refractivity contribution >= 4 is 17.0 Å². The summed E-state index contributed by atoms with van der Waals surface area (Å²) < 4.78 is 46.1. The number of pyridine rings is 1. The number of fused-ring (bicyclic) bond motifs is 1. The van der Waals surface area contributed by atoms with Crippen LogP contribution >= 0.6 is 0 Å². The zero-order valence-electron chi connectivity index (χ0n) is 25.9. The second-order valence-corrected chi connectivity index (χ2v) is 11.5. The maximum Gasteiger partial charge on any atom is 0.335 e. The average Bonchev–Trinajstić information content (AvgIpc) is 3.64. The van der Waals surface area contributed by atoms with Crippen LogP contribution in [-0.2, 0) is 31.4 Å². The molecule has 1 fully saturated rings. The summed E-state index contributed by atoms with van der Waals surface area (Å²) in [5, 5.41) is 13.6. The molecule has 1 N–H and O–H groups in total. The Balaban J connectivity index is 1.07. The van der Waals surface area contributed by atoms with E-state index in [1.165, 1.54) is 6.07 Å². The standard InChI is InChI=1S/C37H29F2N5O4/c1-43-20-25(19-40-43)10-7-23-5-8-24(9-6-23)22-48-36-4-2-3-32(42-36)29-18-30(38)27(15-31(29)39)17-35-41-33-12-11-26(37(45)46)16-34(33)44(35)21-28-13-14-47-28/h2-6,8-9,11-12,15-16,18-20,28H,13-14,17,21-22H2,1H3,(H,45,46)/t28-/m0/s1. The van der Waals surface area contributed by atoms with E-state index in [1.54, 1.807) is 41.2 Å². The molecule has 1 aliphatic rings. The molecule has 4 heterocycles. The van der Waals surface area contributed by atoms with E-state index in [0.717, 1.165) is 35.2 Å². The van der Waals surface area contributed by atoms with Crippen LogP contribution in [0.3, 0.4) is 0 Å². The highest BCUT2D eigenvalue weighted by Gasteiger charge is 2.23. The number of rotatable bonds is 9. The van der Waals surface area contributed by atoms with Crippen LogP contribution in [-0.4, -0.2) is 48.1 Å². The summed E-state index contributed by atoms with van der Waals surface area (Å²) in [4.78, 5) is 20.7. The Hall–Kier alpha value is -5.86. The van der Waals surface area contributed by atoms with E-state index in [-0.39, 0.29) is 47.4 Å². The average molecular weight is 646 g/mol. The number of nitrogens with zero attached hydrogens (tertiary/aromatic N) is 5. The van der Waals surface area contributed by atoms with Crippen LogP contribution in [0.15, 0.2) is 85.2 Å². The highest BCUT2D eigenvalue weighted by atomic mass is 19.1. The molecule has 0 saturated carbocycles. The van der Waals surface area contributed by atoms with Gasteiger partial charge in [0.25, 0.3) is 0 Å². The van der Waals surface area contributed by atoms with Gasteiger partial charge in [-0.1, -0.05) is 30.0 Å². The first-order chi connectivity index (χ1) is 23.3. The van der Waals surface area contributed by atoms with Crippen LogP contribution in [0.2, 0.25) is 0 Å². The number of carbonyl (C=O) groups is 1. The molecule has 3 aromatic carbocycles. The fraction of sp³-hybridized carbons (Fsp3) is 0.189. The van der Waals surface area contributed by atoms with Gasteiger partial charge < -0.3 is 19.1 Å². The zero-order chi connectivity index (χ0) is 33.2. The summed E-state index contributed by atoms with van der Waals surface area (Å²) in [6.45, 7) is 1.30. The molecule has 0 bridgehead atoms. The van der Waals surface area contributed by atoms with E-state index in [4.69, 9.17) is 9.47 Å². The molecule has 240 valence electrons. The van der Waals surface area contributed by atoms with Crippen molar-refractivity contribution in [1.82, 2.24) is 24.3 Å². The number of aromatic nitrogens is 5. The van der Waals surface area contributed by atoms with Crippen molar-refractivity contribution in [3.63, 3.8) is 0 Å². The van der Waals surface area contributed by atoms with Crippen molar-refractivity contribution in [2.24, 2.45) is 7.05 Å². The zero-order valence-corrected chi connectivity index (χ0v) is 25.9. The number of ether oxygens (including phenoxy) is 2. The molecule has 0 aliphatic carbocycles. The number of aromatic carboxylic acids is 1. The van der Waals surface area contributed by atoms with Gasteiger partial charge in [0.2, 0.25) is 5.88 Å². The smallest absolute Gasteiger partial charge is 0.335 e. The van der Waals surface area contributed by atoms with E-state index in [0.29, 0.717) is 30.0 Å². The first kappa shape index (κ1) is 30.8. The third-order valence-electron chi connectivity index (χ3n) is 8.13. The Kier molecular flexibility index (Phi) is 8.40. The molecule has 7 rings (SSSR count). The SMILES string of the molecule is Cn1cc(C#Cc2ccc(COc3cccc(-c4cc(F)c(Cc5nc6ccc(C(=O)O)cc6n5C[C@@H]5CCO5)cc4F)n3)cc2)cn1. The third kappa shape index (κ3) is 6.65. The molecule has 0 spiro atoms. The largest absolute Gasteiger partial charge is 0.478 e. The Morgan fingerprint density at radius 3 is 2.56 bits per heavy atom. The van der Waals surface area contributed by atoms with Crippen molar-refractivity contribution in [2.45, 2.75) is 32.1 Å². The van der Waals surface area contributed by atoms with Crippen molar-refractivity contribution in [2.75, 3.05) is 6.61 Å². The summed E-state index contributed by atoms with van der Waals surface area (Å²) in [7, 11) is 1.84. The quantitative estimate of drug-likeness (QED) is 0.188. The van der Waals surface area contributed by atoms with Crippen molar-refractivity contribution in [1.29, 1.82) is 0 Å². The van der Waals surface area contributed by atoms with E-state index in [9.17, 15) is 9.90 Å². The number of benzene rings is 3. The lowest BCUT2D eigenvalue weighted by Crippen LogP contribution is -2.31. The van der Waals surface area contributed by atoms with Crippen LogP contribution in [0.4, 0.5) is 8.78 Å². The van der Waals surface area contributed by atoms with E-state index >= 15 is 8.78 Å². The lowest BCUT2D eigenvalue weighted by Gasteiger charge is -2.27. The number of halogens is 2. The molecule has 11 heteroatoms. The monoisotopic (exact) mass is 645 g/mol. The van der Waals surface area contributed by atoms with Crippen LogP contribution in [0.5, 0.6) is 5.88 Å². The van der Waals surface area contributed by atoms with Crippen LogP contribution in [0.1, 0.15) is 44.9 Å². The molecule has 0 radical (unpaired) electrons. The lowest BCUT2D eigenvalue weighted by molar-refractivity contribution is -0.0589. The van der Waals surface area contributed by atoms with Crippen molar-refractivity contribution < 1.29 is 28.2 Å². The predicted octanol–water partition coefficient (Wildman–Crippen LogP) is 6.17. The number of carboxylic acid groups (broad SMARTS) is 1. The van der Waals surface area contributed by atoms with Gasteiger partial charge >= 0.3 is 5.97 Å². The molecular formula is C37H29F2N5O4. The normalized spacial score (nSPS) is 13.9. The molecular weight excluding hydrogens is 616 g/mol. The summed E-state index contributed by atoms with van der Waals surface area (Å²) in [5.41, 5.74) is 4.20. The predicted molar refractivity (Wildman–Crippen MR) is 173 cm³/mol. The number of carboxylic acids is 1. The maximum atomic E-state index is 15.6. The number of aryl methyl sites for hydroxylation is 1. The van der Waals surface area contributed by atoms with Gasteiger partial charge in [0.05, 0.1) is 46.7 Å². The summed E-state index contributed by atoms with van der Waals surface area (Å²) in [6.07, 6.45) is 4.33. The molecule has 1 atom stereocenters. The fourth-order valence-corrected chi connectivity index (χ4v) is 5.48. The molecule has 3 aromatic heterocycles. The van der Waals surface area contributed by atoms with E-state index in [2.05, 4.69) is 26.9 Å². The lowest BCUT2D eigenvalue weighted by atomic mass is 10.0. The van der Waals surface area contributed by atoms with Crippen LogP contribution in [0.25, 0.3) is 22.3 Å². The first-order valence-electron chi connectivity index (χ1n) is 15.3. The summed E-state index contributed by atoms with van der Waals surface area (Å²) in [6, 6.07) is 19.5. The highest BCUT2D eigenvalue weighted by Crippen LogP contribution is 2.29. The van der Waals surface area contributed by atoms with Crippen molar-refractivity contribution in [3.05, 3.63) is 130 Å². The Bertz CT molecular complexity index is 2210. The van der Waals surface area contributed by atoms with Crippen LogP contribution in [0, 0.1) is 23.5 Å². The topological polar surface area (TPSA) is 104 Å². The molecule has 9 nitrogen and oxygen atoms in total. The van der Waals surface area contributed by atoms with E-state index in [1.807, 2.05) is 42.1 Å². The third-order valence-corrected chi connectivity index (χ3v) is 8.13. The Labute approximate surface area is 274 Å². The van der Waals surface area contributed by atoms with Gasteiger partial charge in [-0.2, -0.15) is 5.10 Å². The summed E-state index contributed by atoms with van der Waals surface area (Å²) >= 11 is 0. The highest BCUT2D eigenvalue weighted by molar-refractivity contribution is 5.92. The first-order valence-corrected chi connectivity index (χ1v) is 15.3. The molecule has 48 heavy (non-hydrogen) atoms. The molecule has 6 aromatic rings. The Morgan fingerprint density at radius 2 is 1.83 bits per heavy atom. The number of imidazole rings is 1. The number of hydrogen-bond acceptors (Lipinski definition) is 6. The molecule has 1 saturated heterocycles. The molecule has 0 unspecified atom stereocenters. The van der Waals surface area contributed by atoms with Crippen molar-refractivity contribution in [3.8, 4) is 29.0 Å². The minimum absolute atomic E-state index is 0.000661. The second kappa shape index (κ2) is 13.1. The number of hydrogen-bond donors (Lipinski definition) is 1. The van der Waals surface area contributed by atoms with Gasteiger partial charge in [0.1, 0.15) is 24.1 Å². The summed E-state index contributed by atoms with van der Waals surface area (Å²) in [5.74, 6) is 4.61. The van der Waals surface area contributed by atoms with E-state index < -0.39 is 17.6 Å². The van der Waals surface area contributed by atoms with Gasteiger partial charge in [-0.25, -0.2) is 23.5 Å².